The van der Waals surface area contributed by atoms with Crippen molar-refractivity contribution in [1.82, 2.24) is 20.1 Å². The Kier molecular flexibility index (Phi) is 4.10. The number of hydrogen-bond acceptors (Lipinski definition) is 3. The van der Waals surface area contributed by atoms with E-state index in [0.717, 1.165) is 50.3 Å². The van der Waals surface area contributed by atoms with E-state index in [0.29, 0.717) is 5.92 Å². The van der Waals surface area contributed by atoms with E-state index in [1.54, 1.807) is 0 Å². The number of nitrogens with one attached hydrogen (secondary N) is 1. The SMILES string of the molecule is CC(C)c1nc2n(n1)CCC[C@@H]2NC(=O)C1(Cc2ccccc2)CC1. The van der Waals surface area contributed by atoms with Crippen molar-refractivity contribution in [3.8, 4) is 0 Å². The number of benzene rings is 1. The minimum absolute atomic E-state index is 0.00509. The number of hydrogen-bond donors (Lipinski definition) is 1. The van der Waals surface area contributed by atoms with Crippen molar-refractivity contribution in [1.29, 1.82) is 0 Å². The molecule has 1 aliphatic carbocycles. The fourth-order valence-electron chi connectivity index (χ4n) is 3.68. The first-order valence-corrected chi connectivity index (χ1v) is 9.37. The number of aryl methyl sites for hydroxylation is 1. The third-order valence-corrected chi connectivity index (χ3v) is 5.43. The van der Waals surface area contributed by atoms with Crippen LogP contribution in [-0.4, -0.2) is 20.7 Å². The Morgan fingerprint density at radius 1 is 1.32 bits per heavy atom. The number of carbonyl (C=O) groups excluding carboxylic acids is 1. The third-order valence-electron chi connectivity index (χ3n) is 5.43. The number of fused-ring (bicyclic) bond motifs is 1. The molecular weight excluding hydrogens is 312 g/mol. The molecule has 0 spiro atoms. The topological polar surface area (TPSA) is 59.8 Å². The van der Waals surface area contributed by atoms with Gasteiger partial charge in [0.25, 0.3) is 0 Å². The van der Waals surface area contributed by atoms with Gasteiger partial charge < -0.3 is 5.32 Å². The van der Waals surface area contributed by atoms with Crippen LogP contribution in [0.2, 0.25) is 0 Å². The maximum atomic E-state index is 13.0. The quantitative estimate of drug-likeness (QED) is 0.909. The lowest BCUT2D eigenvalue weighted by Crippen LogP contribution is -2.38. The molecule has 1 aliphatic heterocycles. The van der Waals surface area contributed by atoms with Gasteiger partial charge >= 0.3 is 0 Å². The Morgan fingerprint density at radius 3 is 2.76 bits per heavy atom. The van der Waals surface area contributed by atoms with Gasteiger partial charge in [-0.1, -0.05) is 44.2 Å². The van der Waals surface area contributed by atoms with E-state index in [2.05, 4.69) is 36.4 Å². The van der Waals surface area contributed by atoms with E-state index in [4.69, 9.17) is 4.98 Å². The summed E-state index contributed by atoms with van der Waals surface area (Å²) in [6, 6.07) is 10.3. The molecule has 0 saturated heterocycles. The van der Waals surface area contributed by atoms with Gasteiger partial charge in [-0.2, -0.15) is 5.10 Å². The molecule has 0 unspecified atom stereocenters. The van der Waals surface area contributed by atoms with Gasteiger partial charge in [0.1, 0.15) is 5.82 Å². The van der Waals surface area contributed by atoms with E-state index in [1.807, 2.05) is 22.9 Å². The molecule has 1 fully saturated rings. The lowest BCUT2D eigenvalue weighted by Gasteiger charge is -2.25. The van der Waals surface area contributed by atoms with E-state index in [1.165, 1.54) is 5.56 Å². The summed E-state index contributed by atoms with van der Waals surface area (Å²) >= 11 is 0. The van der Waals surface area contributed by atoms with Crippen LogP contribution >= 0.6 is 0 Å². The van der Waals surface area contributed by atoms with Crippen LogP contribution < -0.4 is 5.32 Å². The lowest BCUT2D eigenvalue weighted by atomic mass is 9.94. The number of nitrogens with zero attached hydrogens (tertiary/aromatic N) is 3. The molecule has 1 saturated carbocycles. The average Bonchev–Trinajstić information content (AvgIpc) is 3.24. The molecular formula is C20H26N4O. The highest BCUT2D eigenvalue weighted by molar-refractivity contribution is 5.86. The molecule has 5 nitrogen and oxygen atoms in total. The Bertz CT molecular complexity index is 761. The Morgan fingerprint density at radius 2 is 2.08 bits per heavy atom. The first-order chi connectivity index (χ1) is 12.1. The molecule has 0 radical (unpaired) electrons. The second kappa shape index (κ2) is 6.28. The fraction of sp³-hybridized carbons (Fsp3) is 0.550. The van der Waals surface area contributed by atoms with Gasteiger partial charge in [0, 0.05) is 12.5 Å². The number of amides is 1. The van der Waals surface area contributed by atoms with Crippen LogP contribution in [0.1, 0.15) is 68.7 Å². The smallest absolute Gasteiger partial charge is 0.227 e. The standard InChI is InChI=1S/C20H26N4O/c1-14(2)17-22-18-16(9-6-12-24(18)23-17)21-19(25)20(10-11-20)13-15-7-4-3-5-8-15/h3-5,7-8,14,16H,6,9-13H2,1-2H3,(H,21,25)/t16-/m0/s1. The Labute approximate surface area is 148 Å². The summed E-state index contributed by atoms with van der Waals surface area (Å²) in [5.74, 6) is 2.30. The molecule has 2 heterocycles. The van der Waals surface area contributed by atoms with Gasteiger partial charge in [-0.15, -0.1) is 0 Å². The van der Waals surface area contributed by atoms with Crippen LogP contribution in [0.4, 0.5) is 0 Å². The second-order valence-electron chi connectivity index (χ2n) is 7.82. The van der Waals surface area contributed by atoms with Crippen molar-refractivity contribution in [3.63, 3.8) is 0 Å². The van der Waals surface area contributed by atoms with E-state index in [9.17, 15) is 4.79 Å². The normalized spacial score (nSPS) is 21.0. The lowest BCUT2D eigenvalue weighted by molar-refractivity contribution is -0.127. The number of rotatable bonds is 5. The highest BCUT2D eigenvalue weighted by atomic mass is 16.2. The van der Waals surface area contributed by atoms with Gasteiger partial charge in [0.05, 0.1) is 11.5 Å². The van der Waals surface area contributed by atoms with Crippen molar-refractivity contribution < 1.29 is 4.79 Å². The first-order valence-electron chi connectivity index (χ1n) is 9.37. The highest BCUT2D eigenvalue weighted by Crippen LogP contribution is 2.49. The van der Waals surface area contributed by atoms with Crippen LogP contribution in [0, 0.1) is 5.41 Å². The maximum absolute atomic E-state index is 13.0. The van der Waals surface area contributed by atoms with E-state index < -0.39 is 0 Å². The van der Waals surface area contributed by atoms with Crippen molar-refractivity contribution >= 4 is 5.91 Å². The predicted octanol–water partition coefficient (Wildman–Crippen LogP) is 3.38. The zero-order valence-corrected chi connectivity index (χ0v) is 15.0. The molecule has 4 rings (SSSR count). The summed E-state index contributed by atoms with van der Waals surface area (Å²) in [7, 11) is 0. The zero-order valence-electron chi connectivity index (χ0n) is 15.0. The van der Waals surface area contributed by atoms with Gasteiger partial charge in [0.15, 0.2) is 5.82 Å². The second-order valence-corrected chi connectivity index (χ2v) is 7.82. The van der Waals surface area contributed by atoms with E-state index >= 15 is 0 Å². The number of carbonyl (C=O) groups is 1. The maximum Gasteiger partial charge on any atom is 0.227 e. The van der Waals surface area contributed by atoms with Crippen LogP contribution in [0.5, 0.6) is 0 Å². The fourth-order valence-corrected chi connectivity index (χ4v) is 3.68. The first kappa shape index (κ1) is 16.3. The summed E-state index contributed by atoms with van der Waals surface area (Å²) < 4.78 is 1.99. The van der Waals surface area contributed by atoms with Gasteiger partial charge in [-0.3, -0.25) is 4.79 Å². The van der Waals surface area contributed by atoms with Crippen molar-refractivity contribution in [2.24, 2.45) is 5.41 Å². The Balaban J connectivity index is 1.49. The van der Waals surface area contributed by atoms with Crippen molar-refractivity contribution in [2.75, 3.05) is 0 Å². The Hall–Kier alpha value is -2.17. The van der Waals surface area contributed by atoms with Crippen LogP contribution in [0.15, 0.2) is 30.3 Å². The molecule has 1 aromatic carbocycles. The highest BCUT2D eigenvalue weighted by Gasteiger charge is 2.50. The van der Waals surface area contributed by atoms with Gasteiger partial charge in [-0.25, -0.2) is 9.67 Å². The molecule has 1 aromatic heterocycles. The van der Waals surface area contributed by atoms with Gasteiger partial charge in [-0.05, 0) is 37.7 Å². The van der Waals surface area contributed by atoms with Crippen LogP contribution in [-0.2, 0) is 17.8 Å². The van der Waals surface area contributed by atoms with Crippen molar-refractivity contribution in [2.45, 2.75) is 64.5 Å². The molecule has 25 heavy (non-hydrogen) atoms. The molecule has 2 aliphatic rings. The summed E-state index contributed by atoms with van der Waals surface area (Å²) in [5, 5.41) is 7.90. The van der Waals surface area contributed by atoms with E-state index in [-0.39, 0.29) is 17.4 Å². The summed E-state index contributed by atoms with van der Waals surface area (Å²) in [5.41, 5.74) is 1.02. The molecule has 1 atom stereocenters. The van der Waals surface area contributed by atoms with Crippen molar-refractivity contribution in [3.05, 3.63) is 47.5 Å². The van der Waals surface area contributed by atoms with Gasteiger partial charge in [0.2, 0.25) is 5.91 Å². The minimum atomic E-state index is -0.218. The van der Waals surface area contributed by atoms with Crippen LogP contribution in [0.25, 0.3) is 0 Å². The summed E-state index contributed by atoms with van der Waals surface area (Å²) in [6.07, 6.45) is 4.76. The molecule has 5 heteroatoms. The predicted molar refractivity (Wildman–Crippen MR) is 96.0 cm³/mol. The number of aromatic nitrogens is 3. The molecule has 1 N–H and O–H groups in total. The molecule has 0 bridgehead atoms. The molecule has 132 valence electrons. The molecule has 1 amide bonds. The van der Waals surface area contributed by atoms with Crippen LogP contribution in [0.3, 0.4) is 0 Å². The zero-order chi connectivity index (χ0) is 17.4. The summed E-state index contributed by atoms with van der Waals surface area (Å²) in [4.78, 5) is 17.7. The minimum Gasteiger partial charge on any atom is -0.346 e. The molecule has 2 aromatic rings. The summed E-state index contributed by atoms with van der Waals surface area (Å²) in [6.45, 7) is 5.11. The largest absolute Gasteiger partial charge is 0.346 e. The average molecular weight is 338 g/mol. The third kappa shape index (κ3) is 3.20. The monoisotopic (exact) mass is 338 g/mol.